The van der Waals surface area contributed by atoms with Crippen LogP contribution < -0.4 is 9.47 Å². The Morgan fingerprint density at radius 1 is 0.969 bits per heavy atom. The van der Waals surface area contributed by atoms with Crippen LogP contribution in [0.1, 0.15) is 49.3 Å². The molecule has 0 spiro atoms. The third kappa shape index (κ3) is 5.43. The average Bonchev–Trinajstić information content (AvgIpc) is 2.84. The van der Waals surface area contributed by atoms with E-state index in [4.69, 9.17) is 19.7 Å². The number of aliphatic hydroxyl groups excluding tert-OH is 2. The van der Waals surface area contributed by atoms with Gasteiger partial charge in [0, 0.05) is 19.0 Å². The molecule has 1 atom stereocenters. The maximum atomic E-state index is 12.7. The molecule has 6 heteroatoms. The molecule has 1 unspecified atom stereocenters. The van der Waals surface area contributed by atoms with Gasteiger partial charge in [-0.25, -0.2) is 0 Å². The highest BCUT2D eigenvalue weighted by Crippen LogP contribution is 2.37. The number of amides is 1. The summed E-state index contributed by atoms with van der Waals surface area (Å²) < 4.78 is 12.5. The topological polar surface area (TPSA) is 79.2 Å². The molecule has 0 saturated heterocycles. The van der Waals surface area contributed by atoms with E-state index in [0.29, 0.717) is 0 Å². The van der Waals surface area contributed by atoms with Crippen LogP contribution in [0.4, 0.5) is 0 Å². The molecule has 0 radical (unpaired) electrons. The molecule has 172 valence electrons. The third-order valence-electron chi connectivity index (χ3n) is 6.53. The van der Waals surface area contributed by atoms with Gasteiger partial charge in [-0.3, -0.25) is 4.79 Å². The number of aliphatic hydroxyl groups is 2. The first-order valence-electron chi connectivity index (χ1n) is 11.7. The van der Waals surface area contributed by atoms with E-state index in [0.717, 1.165) is 50.0 Å². The van der Waals surface area contributed by atoms with Crippen molar-refractivity contribution < 1.29 is 24.5 Å². The Morgan fingerprint density at radius 3 is 2.38 bits per heavy atom. The second-order valence-corrected chi connectivity index (χ2v) is 8.69. The Bertz CT molecular complexity index is 873. The lowest BCUT2D eigenvalue weighted by molar-refractivity contribution is -0.138. The van der Waals surface area contributed by atoms with E-state index >= 15 is 0 Å². The number of aryl methyl sites for hydroxylation is 1. The summed E-state index contributed by atoms with van der Waals surface area (Å²) in [5.41, 5.74) is 2.39. The minimum Gasteiger partial charge on any atom is -0.490 e. The van der Waals surface area contributed by atoms with Crippen LogP contribution >= 0.6 is 0 Å². The standard InChI is InChI=1S/C26H33NO5/c28-16-14-27(15-17-29)26(30)20-6-9-22(10-7-20)31-23-11-13-25-21(18-23)8-12-24(32-25)19-4-2-1-3-5-19/h1-5,11,13,18,20,22,24,28-29H,6-10,12,14-17H2. The lowest BCUT2D eigenvalue weighted by Crippen LogP contribution is -2.41. The highest BCUT2D eigenvalue weighted by Gasteiger charge is 2.30. The summed E-state index contributed by atoms with van der Waals surface area (Å²) in [6, 6.07) is 16.4. The average molecular weight is 440 g/mol. The largest absolute Gasteiger partial charge is 0.490 e. The number of ether oxygens (including phenoxy) is 2. The van der Waals surface area contributed by atoms with Gasteiger partial charge in [-0.2, -0.15) is 0 Å². The summed E-state index contributed by atoms with van der Waals surface area (Å²) in [6.45, 7) is 0.382. The van der Waals surface area contributed by atoms with E-state index in [1.54, 1.807) is 4.90 Å². The number of benzene rings is 2. The zero-order valence-electron chi connectivity index (χ0n) is 18.5. The highest BCUT2D eigenvalue weighted by atomic mass is 16.5. The summed E-state index contributed by atoms with van der Waals surface area (Å²) >= 11 is 0. The molecule has 1 heterocycles. The van der Waals surface area contributed by atoms with Crippen LogP contribution in [0.5, 0.6) is 11.5 Å². The molecule has 1 saturated carbocycles. The van der Waals surface area contributed by atoms with Gasteiger partial charge in [-0.1, -0.05) is 30.3 Å². The molecule has 0 aromatic heterocycles. The number of carbonyl (C=O) groups is 1. The van der Waals surface area contributed by atoms with Crippen LogP contribution in [-0.4, -0.2) is 53.4 Å². The van der Waals surface area contributed by atoms with Crippen molar-refractivity contribution in [3.63, 3.8) is 0 Å². The van der Waals surface area contributed by atoms with E-state index < -0.39 is 0 Å². The number of fused-ring (bicyclic) bond motifs is 1. The Hall–Kier alpha value is -2.57. The van der Waals surface area contributed by atoms with Crippen LogP contribution in [-0.2, 0) is 11.2 Å². The normalized spacial score (nSPS) is 22.5. The van der Waals surface area contributed by atoms with Crippen molar-refractivity contribution in [2.24, 2.45) is 5.92 Å². The van der Waals surface area contributed by atoms with Crippen LogP contribution in [0.15, 0.2) is 48.5 Å². The molecule has 32 heavy (non-hydrogen) atoms. The molecule has 1 amide bonds. The Balaban J connectivity index is 1.30. The van der Waals surface area contributed by atoms with Crippen molar-refractivity contribution in [3.8, 4) is 11.5 Å². The first kappa shape index (κ1) is 22.6. The monoisotopic (exact) mass is 439 g/mol. The number of rotatable bonds is 8. The van der Waals surface area contributed by atoms with E-state index in [9.17, 15) is 4.79 Å². The molecular weight excluding hydrogens is 406 g/mol. The van der Waals surface area contributed by atoms with Crippen molar-refractivity contribution in [2.45, 2.75) is 50.7 Å². The van der Waals surface area contributed by atoms with Gasteiger partial charge < -0.3 is 24.6 Å². The molecular formula is C26H33NO5. The number of nitrogens with zero attached hydrogens (tertiary/aromatic N) is 1. The molecule has 2 aromatic carbocycles. The molecule has 1 fully saturated rings. The van der Waals surface area contributed by atoms with Gasteiger partial charge in [-0.15, -0.1) is 0 Å². The van der Waals surface area contributed by atoms with Crippen LogP contribution in [0.25, 0.3) is 0 Å². The minimum absolute atomic E-state index is 0.0328. The predicted octanol–water partition coefficient (Wildman–Crippen LogP) is 3.50. The predicted molar refractivity (Wildman–Crippen MR) is 122 cm³/mol. The lowest BCUT2D eigenvalue weighted by Gasteiger charge is -2.32. The number of hydrogen-bond acceptors (Lipinski definition) is 5. The van der Waals surface area contributed by atoms with Crippen LogP contribution in [0, 0.1) is 5.92 Å². The maximum absolute atomic E-state index is 12.7. The SMILES string of the molecule is O=C(C1CCC(Oc2ccc3c(c2)CCC(c2ccccc2)O3)CC1)N(CCO)CCO. The van der Waals surface area contributed by atoms with Crippen molar-refractivity contribution in [1.29, 1.82) is 0 Å². The summed E-state index contributed by atoms with van der Waals surface area (Å²) in [5.74, 6) is 1.77. The van der Waals surface area contributed by atoms with E-state index in [1.807, 2.05) is 30.3 Å². The first-order chi connectivity index (χ1) is 15.7. The van der Waals surface area contributed by atoms with E-state index in [1.165, 1.54) is 11.1 Å². The zero-order chi connectivity index (χ0) is 22.3. The summed E-state index contributed by atoms with van der Waals surface area (Å²) in [7, 11) is 0. The highest BCUT2D eigenvalue weighted by molar-refractivity contribution is 5.79. The molecule has 0 bridgehead atoms. The van der Waals surface area contributed by atoms with Gasteiger partial charge >= 0.3 is 0 Å². The van der Waals surface area contributed by atoms with Crippen molar-refractivity contribution >= 4 is 5.91 Å². The molecule has 6 nitrogen and oxygen atoms in total. The summed E-state index contributed by atoms with van der Waals surface area (Å²) in [4.78, 5) is 14.2. The van der Waals surface area contributed by atoms with Crippen LogP contribution in [0.2, 0.25) is 0 Å². The second-order valence-electron chi connectivity index (χ2n) is 8.69. The molecule has 2 N–H and O–H groups in total. The first-order valence-corrected chi connectivity index (χ1v) is 11.7. The lowest BCUT2D eigenvalue weighted by atomic mass is 9.86. The Labute approximate surface area is 189 Å². The summed E-state index contributed by atoms with van der Waals surface area (Å²) in [6.07, 6.45) is 5.29. The van der Waals surface area contributed by atoms with Crippen molar-refractivity contribution in [1.82, 2.24) is 4.90 Å². The van der Waals surface area contributed by atoms with Gasteiger partial charge in [-0.05, 0) is 67.9 Å². The fraction of sp³-hybridized carbons (Fsp3) is 0.500. The van der Waals surface area contributed by atoms with Gasteiger partial charge in [0.2, 0.25) is 5.91 Å². The second kappa shape index (κ2) is 10.8. The van der Waals surface area contributed by atoms with E-state index in [-0.39, 0.29) is 50.3 Å². The van der Waals surface area contributed by atoms with E-state index in [2.05, 4.69) is 18.2 Å². The fourth-order valence-corrected chi connectivity index (χ4v) is 4.79. The number of carbonyl (C=O) groups excluding carboxylic acids is 1. The fourth-order valence-electron chi connectivity index (χ4n) is 4.79. The molecule has 1 aliphatic carbocycles. The quantitative estimate of drug-likeness (QED) is 0.658. The summed E-state index contributed by atoms with van der Waals surface area (Å²) in [5, 5.41) is 18.3. The van der Waals surface area contributed by atoms with Gasteiger partial charge in [0.05, 0.1) is 19.3 Å². The molecule has 2 aromatic rings. The minimum atomic E-state index is -0.0850. The van der Waals surface area contributed by atoms with Crippen molar-refractivity contribution in [3.05, 3.63) is 59.7 Å². The molecule has 4 rings (SSSR count). The van der Waals surface area contributed by atoms with Gasteiger partial charge in [0.1, 0.15) is 17.6 Å². The van der Waals surface area contributed by atoms with Crippen molar-refractivity contribution in [2.75, 3.05) is 26.3 Å². The Kier molecular flexibility index (Phi) is 7.66. The number of hydrogen-bond donors (Lipinski definition) is 2. The van der Waals surface area contributed by atoms with Crippen LogP contribution in [0.3, 0.4) is 0 Å². The molecule has 2 aliphatic rings. The maximum Gasteiger partial charge on any atom is 0.225 e. The third-order valence-corrected chi connectivity index (χ3v) is 6.53. The van der Waals surface area contributed by atoms with Gasteiger partial charge in [0.25, 0.3) is 0 Å². The molecule has 1 aliphatic heterocycles. The zero-order valence-corrected chi connectivity index (χ0v) is 18.5. The van der Waals surface area contributed by atoms with Gasteiger partial charge in [0.15, 0.2) is 0 Å². The Morgan fingerprint density at radius 2 is 1.69 bits per heavy atom. The smallest absolute Gasteiger partial charge is 0.225 e.